The summed E-state index contributed by atoms with van der Waals surface area (Å²) in [4.78, 5) is 43.7. The van der Waals surface area contributed by atoms with Crippen molar-refractivity contribution in [3.05, 3.63) is 71.0 Å². The van der Waals surface area contributed by atoms with E-state index < -0.39 is 17.9 Å². The van der Waals surface area contributed by atoms with Gasteiger partial charge in [-0.3, -0.25) is 25.1 Å². The number of carbonyl (C=O) groups is 3. The molecule has 0 bridgehead atoms. The van der Waals surface area contributed by atoms with E-state index in [1.165, 1.54) is 17.5 Å². The van der Waals surface area contributed by atoms with Gasteiger partial charge in [0, 0.05) is 60.9 Å². The number of fused-ring (bicyclic) bond motifs is 1. The second kappa shape index (κ2) is 13.7. The van der Waals surface area contributed by atoms with E-state index in [1.54, 1.807) is 14.1 Å². The van der Waals surface area contributed by atoms with Crippen LogP contribution in [0.15, 0.2) is 59.6 Å². The van der Waals surface area contributed by atoms with Gasteiger partial charge in [-0.25, -0.2) is 0 Å². The van der Waals surface area contributed by atoms with Crippen molar-refractivity contribution in [1.82, 2.24) is 20.1 Å². The molecular formula is C32H38ClN7O3S. The predicted octanol–water partition coefficient (Wildman–Crippen LogP) is 4.29. The summed E-state index contributed by atoms with van der Waals surface area (Å²) in [7, 11) is 3.23. The molecule has 0 spiro atoms. The van der Waals surface area contributed by atoms with Crippen molar-refractivity contribution in [1.29, 1.82) is 5.41 Å². The molecule has 2 amide bonds. The topological polar surface area (TPSA) is 146 Å². The maximum Gasteiger partial charge on any atom is 0.250 e. The number of nitrogens with two attached hydrogens (primary N) is 1. The summed E-state index contributed by atoms with van der Waals surface area (Å²) in [6.07, 6.45) is 0.981. The highest BCUT2D eigenvalue weighted by atomic mass is 35.5. The molecule has 2 heterocycles. The first-order valence-electron chi connectivity index (χ1n) is 14.1. The molecule has 12 heteroatoms. The maximum absolute atomic E-state index is 13.6. The monoisotopic (exact) mass is 635 g/mol. The highest BCUT2D eigenvalue weighted by Gasteiger charge is 2.36. The fourth-order valence-corrected chi connectivity index (χ4v) is 6.26. The van der Waals surface area contributed by atoms with Crippen molar-refractivity contribution < 1.29 is 14.4 Å². The Balaban J connectivity index is 1.64. The Bertz CT molecular complexity index is 1600. The highest BCUT2D eigenvalue weighted by Crippen LogP contribution is 2.47. The fourth-order valence-electron chi connectivity index (χ4n) is 5.31. The second-order valence-electron chi connectivity index (χ2n) is 11.8. The molecule has 4 rings (SSSR count). The summed E-state index contributed by atoms with van der Waals surface area (Å²) in [6.45, 7) is 6.51. The summed E-state index contributed by atoms with van der Waals surface area (Å²) in [5.74, 6) is -1.51. The van der Waals surface area contributed by atoms with E-state index in [9.17, 15) is 14.4 Å². The van der Waals surface area contributed by atoms with E-state index >= 15 is 0 Å². The third-order valence-electron chi connectivity index (χ3n) is 7.22. The van der Waals surface area contributed by atoms with Crippen LogP contribution in [0, 0.1) is 10.8 Å². The van der Waals surface area contributed by atoms with E-state index in [1.807, 2.05) is 42.5 Å². The third-order valence-corrected chi connectivity index (χ3v) is 8.44. The van der Waals surface area contributed by atoms with Crippen molar-refractivity contribution in [3.63, 3.8) is 0 Å². The van der Waals surface area contributed by atoms with Gasteiger partial charge < -0.3 is 20.5 Å². The summed E-state index contributed by atoms with van der Waals surface area (Å²) < 4.78 is 2.28. The van der Waals surface area contributed by atoms with Crippen LogP contribution in [-0.2, 0) is 33.8 Å². The van der Waals surface area contributed by atoms with Gasteiger partial charge in [-0.15, -0.1) is 0 Å². The predicted molar refractivity (Wildman–Crippen MR) is 178 cm³/mol. The smallest absolute Gasteiger partial charge is 0.250 e. The van der Waals surface area contributed by atoms with Gasteiger partial charge >= 0.3 is 0 Å². The van der Waals surface area contributed by atoms with Gasteiger partial charge in [0.25, 0.3) is 0 Å². The molecular weight excluding hydrogens is 598 g/mol. The SMILES string of the molecule is CC(=O)NC(CSC(=O)Cc1c(-c2ccc(Cl)cc2)c(-c2ccccc2)c2n1CC(C)(C)C2)C(=O)N/C(N)=N/C(=N)N(C)C. The Morgan fingerprint density at radius 3 is 2.34 bits per heavy atom. The minimum Gasteiger partial charge on any atom is -0.369 e. The number of hydrogen-bond donors (Lipinski definition) is 4. The van der Waals surface area contributed by atoms with Gasteiger partial charge in [-0.2, -0.15) is 4.99 Å². The van der Waals surface area contributed by atoms with Crippen molar-refractivity contribution in [2.45, 2.75) is 46.2 Å². The van der Waals surface area contributed by atoms with Gasteiger partial charge in [0.15, 0.2) is 5.12 Å². The quantitative estimate of drug-likeness (QED) is 0.215. The van der Waals surface area contributed by atoms with Gasteiger partial charge in [-0.1, -0.05) is 79.7 Å². The zero-order chi connectivity index (χ0) is 32.2. The Morgan fingerprint density at radius 2 is 1.73 bits per heavy atom. The lowest BCUT2D eigenvalue weighted by atomic mass is 9.86. The van der Waals surface area contributed by atoms with Crippen molar-refractivity contribution in [2.24, 2.45) is 16.1 Å². The number of carbonyl (C=O) groups excluding carboxylic acids is 3. The van der Waals surface area contributed by atoms with E-state index in [0.717, 1.165) is 52.7 Å². The molecule has 232 valence electrons. The van der Waals surface area contributed by atoms with E-state index in [0.29, 0.717) is 5.02 Å². The first-order valence-corrected chi connectivity index (χ1v) is 15.5. The number of aromatic nitrogens is 1. The average molecular weight is 636 g/mol. The standard InChI is InChI=1S/C32H38ClN7O3S/c1-19(41)36-23(29(43)37-30(34)38-31(35)39(4)5)17-44-26(42)15-24-27(21-11-13-22(33)14-12-21)28(20-9-7-6-8-10-20)25-16-32(2,3)18-40(24)25/h6-14,23H,15-18H2,1-5H3,(H,36,41)(H4,34,35,37,38,43). The van der Waals surface area contributed by atoms with E-state index in [-0.39, 0.29) is 34.6 Å². The summed E-state index contributed by atoms with van der Waals surface area (Å²) >= 11 is 7.21. The molecule has 1 unspecified atom stereocenters. The van der Waals surface area contributed by atoms with Crippen LogP contribution in [0.3, 0.4) is 0 Å². The lowest BCUT2D eigenvalue weighted by molar-refractivity contribution is -0.126. The molecule has 10 nitrogen and oxygen atoms in total. The largest absolute Gasteiger partial charge is 0.369 e. The second-order valence-corrected chi connectivity index (χ2v) is 13.3. The highest BCUT2D eigenvalue weighted by molar-refractivity contribution is 8.13. The zero-order valence-corrected chi connectivity index (χ0v) is 27.1. The van der Waals surface area contributed by atoms with Crippen molar-refractivity contribution in [3.8, 4) is 22.3 Å². The molecule has 2 aromatic carbocycles. The van der Waals surface area contributed by atoms with Crippen molar-refractivity contribution in [2.75, 3.05) is 19.8 Å². The molecule has 1 aliphatic rings. The molecule has 1 atom stereocenters. The van der Waals surface area contributed by atoms with E-state index in [4.69, 9.17) is 22.7 Å². The van der Waals surface area contributed by atoms with E-state index in [2.05, 4.69) is 46.2 Å². The molecule has 0 saturated carbocycles. The summed E-state index contributed by atoms with van der Waals surface area (Å²) in [6, 6.07) is 16.8. The van der Waals surface area contributed by atoms with Gasteiger partial charge in [0.05, 0.1) is 6.42 Å². The lowest BCUT2D eigenvalue weighted by Crippen LogP contribution is -2.51. The summed E-state index contributed by atoms with van der Waals surface area (Å²) in [5, 5.41) is 13.3. The van der Waals surface area contributed by atoms with Crippen LogP contribution in [0.25, 0.3) is 22.3 Å². The van der Waals surface area contributed by atoms with Crippen LogP contribution in [0.2, 0.25) is 5.02 Å². The van der Waals surface area contributed by atoms with Gasteiger partial charge in [0.2, 0.25) is 23.7 Å². The van der Waals surface area contributed by atoms with Crippen LogP contribution in [0.4, 0.5) is 0 Å². The molecule has 1 aliphatic heterocycles. The minimum absolute atomic E-state index is 0.0104. The molecule has 0 fully saturated rings. The zero-order valence-electron chi connectivity index (χ0n) is 25.5. The van der Waals surface area contributed by atoms with Crippen LogP contribution in [0.1, 0.15) is 32.2 Å². The number of rotatable bonds is 8. The van der Waals surface area contributed by atoms with Crippen LogP contribution in [-0.4, -0.2) is 64.2 Å². The number of amides is 2. The van der Waals surface area contributed by atoms with Crippen LogP contribution in [0.5, 0.6) is 0 Å². The van der Waals surface area contributed by atoms with Crippen LogP contribution < -0.4 is 16.4 Å². The molecule has 1 aromatic heterocycles. The number of hydrogen-bond acceptors (Lipinski definition) is 5. The number of guanidine groups is 2. The third kappa shape index (κ3) is 7.89. The first-order chi connectivity index (χ1) is 20.8. The fraction of sp³-hybridized carbons (Fsp3) is 0.344. The molecule has 0 aliphatic carbocycles. The summed E-state index contributed by atoms with van der Waals surface area (Å²) in [5.41, 5.74) is 12.1. The maximum atomic E-state index is 13.6. The number of thioether (sulfide) groups is 1. The Labute approximate surface area is 266 Å². The minimum atomic E-state index is -1.05. The number of halogens is 1. The number of benzene rings is 2. The Hall–Kier alpha value is -4.09. The lowest BCUT2D eigenvalue weighted by Gasteiger charge is -2.19. The Morgan fingerprint density at radius 1 is 1.09 bits per heavy atom. The number of nitrogens with zero attached hydrogens (tertiary/aromatic N) is 3. The molecule has 0 saturated heterocycles. The first kappa shape index (κ1) is 32.8. The number of aliphatic imine (C=N–C) groups is 1. The molecule has 0 radical (unpaired) electrons. The molecule has 5 N–H and O–H groups in total. The average Bonchev–Trinajstić information content (AvgIpc) is 3.41. The van der Waals surface area contributed by atoms with Gasteiger partial charge in [0.1, 0.15) is 6.04 Å². The van der Waals surface area contributed by atoms with Gasteiger partial charge in [-0.05, 0) is 35.1 Å². The molecule has 44 heavy (non-hydrogen) atoms. The normalized spacial score (nSPS) is 14.5. The number of nitrogens with one attached hydrogen (secondary N) is 3. The molecule has 3 aromatic rings. The Kier molecular flexibility index (Phi) is 10.2. The van der Waals surface area contributed by atoms with Crippen molar-refractivity contribution >= 4 is 52.2 Å². The van der Waals surface area contributed by atoms with Crippen LogP contribution >= 0.6 is 23.4 Å².